The van der Waals surface area contributed by atoms with Crippen LogP contribution in [-0.2, 0) is 9.57 Å². The average molecular weight is 230 g/mol. The fourth-order valence-electron chi connectivity index (χ4n) is 2.01. The van der Waals surface area contributed by atoms with Crippen LogP contribution in [0.1, 0.15) is 20.8 Å². The highest BCUT2D eigenvalue weighted by Crippen LogP contribution is 2.25. The Balaban J connectivity index is 2.02. The predicted octanol–water partition coefficient (Wildman–Crippen LogP) is -0.130. The van der Waals surface area contributed by atoms with Crippen LogP contribution in [0, 0.1) is 0 Å². The van der Waals surface area contributed by atoms with Gasteiger partial charge in [0.15, 0.2) is 0 Å². The minimum atomic E-state index is -0.597. The lowest BCUT2D eigenvalue weighted by molar-refractivity contribution is 0.00852. The fraction of sp³-hybridized carbons (Fsp3) is 0.900. The standard InChI is InChI=1S/C10H18N2O4/c1-10(2,3)16-9(14)12-4-7(13)8-6(12)5-15-11-8/h6-8,11,13H,4-5H2,1-3H3/t6?,7?,8-/m0/s1. The summed E-state index contributed by atoms with van der Waals surface area (Å²) in [6.45, 7) is 6.14. The highest BCUT2D eigenvalue weighted by Gasteiger charge is 2.48. The molecular weight excluding hydrogens is 212 g/mol. The third kappa shape index (κ3) is 2.14. The lowest BCUT2D eigenvalue weighted by Gasteiger charge is -2.26. The monoisotopic (exact) mass is 230 g/mol. The summed E-state index contributed by atoms with van der Waals surface area (Å²) in [5, 5.41) is 9.73. The third-order valence-electron chi connectivity index (χ3n) is 2.71. The lowest BCUT2D eigenvalue weighted by atomic mass is 10.1. The molecule has 6 nitrogen and oxygen atoms in total. The van der Waals surface area contributed by atoms with Gasteiger partial charge in [-0.05, 0) is 20.8 Å². The Morgan fingerprint density at radius 3 is 2.88 bits per heavy atom. The van der Waals surface area contributed by atoms with Gasteiger partial charge in [-0.2, -0.15) is 5.48 Å². The number of rotatable bonds is 0. The molecule has 2 aliphatic rings. The summed E-state index contributed by atoms with van der Waals surface area (Å²) in [5.74, 6) is 0. The molecule has 0 aromatic rings. The van der Waals surface area contributed by atoms with Crippen molar-refractivity contribution in [2.75, 3.05) is 13.2 Å². The second kappa shape index (κ2) is 3.87. The first-order valence-electron chi connectivity index (χ1n) is 5.43. The topological polar surface area (TPSA) is 71.0 Å². The zero-order chi connectivity index (χ0) is 11.9. The van der Waals surface area contributed by atoms with Crippen molar-refractivity contribution in [1.29, 1.82) is 0 Å². The number of fused-ring (bicyclic) bond motifs is 1. The van der Waals surface area contributed by atoms with E-state index in [1.54, 1.807) is 0 Å². The van der Waals surface area contributed by atoms with Crippen LogP contribution in [0.5, 0.6) is 0 Å². The number of likely N-dealkylation sites (tertiary alicyclic amines) is 1. The van der Waals surface area contributed by atoms with Gasteiger partial charge in [-0.25, -0.2) is 4.79 Å². The van der Waals surface area contributed by atoms with E-state index in [0.717, 1.165) is 0 Å². The smallest absolute Gasteiger partial charge is 0.410 e. The Morgan fingerprint density at radius 1 is 1.56 bits per heavy atom. The van der Waals surface area contributed by atoms with Gasteiger partial charge in [-0.3, -0.25) is 9.74 Å². The molecule has 1 amide bonds. The number of carbonyl (C=O) groups excluding carboxylic acids is 1. The van der Waals surface area contributed by atoms with Crippen molar-refractivity contribution >= 4 is 6.09 Å². The number of ether oxygens (including phenoxy) is 1. The largest absolute Gasteiger partial charge is 0.444 e. The van der Waals surface area contributed by atoms with E-state index in [4.69, 9.17) is 9.57 Å². The maximum atomic E-state index is 11.9. The van der Waals surface area contributed by atoms with Crippen LogP contribution in [0.4, 0.5) is 4.79 Å². The molecule has 0 radical (unpaired) electrons. The number of hydrogen-bond acceptors (Lipinski definition) is 5. The molecule has 0 spiro atoms. The summed E-state index contributed by atoms with van der Waals surface area (Å²) in [5.41, 5.74) is 2.20. The minimum Gasteiger partial charge on any atom is -0.444 e. The van der Waals surface area contributed by atoms with E-state index < -0.39 is 17.8 Å². The van der Waals surface area contributed by atoms with E-state index >= 15 is 0 Å². The molecule has 0 aromatic heterocycles. The van der Waals surface area contributed by atoms with Crippen LogP contribution >= 0.6 is 0 Å². The molecule has 6 heteroatoms. The van der Waals surface area contributed by atoms with Gasteiger partial charge < -0.3 is 9.84 Å². The first kappa shape index (κ1) is 11.6. The van der Waals surface area contributed by atoms with E-state index in [1.165, 1.54) is 4.90 Å². The SMILES string of the molecule is CC(C)(C)OC(=O)N1CC(O)[C@H]2NOCC21. The van der Waals surface area contributed by atoms with E-state index in [1.807, 2.05) is 20.8 Å². The molecular formula is C10H18N2O4. The number of β-amino-alcohol motifs (C(OH)–C–C–N with tert-alkyl or cyclic N) is 1. The van der Waals surface area contributed by atoms with Gasteiger partial charge in [0.05, 0.1) is 31.3 Å². The molecule has 2 aliphatic heterocycles. The van der Waals surface area contributed by atoms with Gasteiger partial charge in [0.2, 0.25) is 0 Å². The van der Waals surface area contributed by atoms with Crippen LogP contribution in [0.2, 0.25) is 0 Å². The number of aliphatic hydroxyl groups excluding tert-OH is 1. The normalized spacial score (nSPS) is 34.0. The Labute approximate surface area is 94.5 Å². The summed E-state index contributed by atoms with van der Waals surface area (Å²) in [6, 6.07) is -0.336. The van der Waals surface area contributed by atoms with Crippen LogP contribution < -0.4 is 5.48 Å². The molecule has 0 saturated carbocycles. The molecule has 16 heavy (non-hydrogen) atoms. The number of aliphatic hydroxyl groups is 1. The van der Waals surface area contributed by atoms with Gasteiger partial charge in [-0.15, -0.1) is 0 Å². The van der Waals surface area contributed by atoms with Gasteiger partial charge in [0, 0.05) is 0 Å². The molecule has 2 N–H and O–H groups in total. The van der Waals surface area contributed by atoms with E-state index in [2.05, 4.69) is 5.48 Å². The van der Waals surface area contributed by atoms with E-state index in [9.17, 15) is 9.90 Å². The number of nitrogens with one attached hydrogen (secondary N) is 1. The molecule has 0 aromatic carbocycles. The first-order chi connectivity index (χ1) is 7.38. The number of hydroxylamine groups is 1. The summed E-state index contributed by atoms with van der Waals surface area (Å²) in [7, 11) is 0. The molecule has 0 bridgehead atoms. The van der Waals surface area contributed by atoms with Gasteiger partial charge >= 0.3 is 6.09 Å². The fourth-order valence-corrected chi connectivity index (χ4v) is 2.01. The minimum absolute atomic E-state index is 0.134. The van der Waals surface area contributed by atoms with E-state index in [0.29, 0.717) is 13.2 Å². The number of carbonyl (C=O) groups is 1. The van der Waals surface area contributed by atoms with Gasteiger partial charge in [0.1, 0.15) is 5.60 Å². The maximum absolute atomic E-state index is 11.9. The van der Waals surface area contributed by atoms with Crippen molar-refractivity contribution in [2.24, 2.45) is 0 Å². The maximum Gasteiger partial charge on any atom is 0.410 e. The first-order valence-corrected chi connectivity index (χ1v) is 5.43. The predicted molar refractivity (Wildman–Crippen MR) is 55.6 cm³/mol. The summed E-state index contributed by atoms with van der Waals surface area (Å²) >= 11 is 0. The number of hydrogen-bond donors (Lipinski definition) is 2. The molecule has 2 rings (SSSR count). The molecule has 0 aliphatic carbocycles. The molecule has 2 fully saturated rings. The molecule has 92 valence electrons. The van der Waals surface area contributed by atoms with Crippen molar-refractivity contribution in [1.82, 2.24) is 10.4 Å². The van der Waals surface area contributed by atoms with Crippen molar-refractivity contribution in [3.05, 3.63) is 0 Å². The Bertz CT molecular complexity index is 289. The molecule has 2 saturated heterocycles. The summed E-state index contributed by atoms with van der Waals surface area (Å²) in [6.07, 6.45) is -0.994. The van der Waals surface area contributed by atoms with Crippen LogP contribution in [0.25, 0.3) is 0 Å². The summed E-state index contributed by atoms with van der Waals surface area (Å²) < 4.78 is 5.27. The van der Waals surface area contributed by atoms with Gasteiger partial charge in [0.25, 0.3) is 0 Å². The Hall–Kier alpha value is -0.850. The van der Waals surface area contributed by atoms with Crippen molar-refractivity contribution in [3.8, 4) is 0 Å². The lowest BCUT2D eigenvalue weighted by Crippen LogP contribution is -2.43. The Morgan fingerprint density at radius 2 is 2.25 bits per heavy atom. The van der Waals surface area contributed by atoms with E-state index in [-0.39, 0.29) is 12.1 Å². The van der Waals surface area contributed by atoms with Crippen LogP contribution in [0.15, 0.2) is 0 Å². The average Bonchev–Trinajstić information content (AvgIpc) is 2.66. The highest BCUT2D eigenvalue weighted by molar-refractivity contribution is 5.69. The van der Waals surface area contributed by atoms with Crippen LogP contribution in [-0.4, -0.2) is 53.0 Å². The second-order valence-electron chi connectivity index (χ2n) is 5.22. The molecule has 3 atom stereocenters. The molecule has 2 unspecified atom stereocenters. The third-order valence-corrected chi connectivity index (χ3v) is 2.71. The Kier molecular flexibility index (Phi) is 2.81. The zero-order valence-electron chi connectivity index (χ0n) is 9.77. The summed E-state index contributed by atoms with van der Waals surface area (Å²) in [4.78, 5) is 18.4. The van der Waals surface area contributed by atoms with Crippen molar-refractivity contribution in [3.63, 3.8) is 0 Å². The van der Waals surface area contributed by atoms with Crippen molar-refractivity contribution in [2.45, 2.75) is 44.6 Å². The number of amides is 1. The zero-order valence-corrected chi connectivity index (χ0v) is 9.77. The quantitative estimate of drug-likeness (QED) is 0.606. The highest BCUT2D eigenvalue weighted by atomic mass is 16.7. The van der Waals surface area contributed by atoms with Crippen molar-refractivity contribution < 1.29 is 19.5 Å². The van der Waals surface area contributed by atoms with Gasteiger partial charge in [-0.1, -0.05) is 0 Å². The second-order valence-corrected chi connectivity index (χ2v) is 5.22. The molecule has 2 heterocycles. The number of nitrogens with zero attached hydrogens (tertiary/aromatic N) is 1. The van der Waals surface area contributed by atoms with Crippen LogP contribution in [0.3, 0.4) is 0 Å².